The lowest BCUT2D eigenvalue weighted by molar-refractivity contribution is 0.0995. The van der Waals surface area contributed by atoms with Gasteiger partial charge in [-0.25, -0.2) is 0 Å². The molecule has 0 N–H and O–H groups in total. The monoisotopic (exact) mass is 300 g/mol. The summed E-state index contributed by atoms with van der Waals surface area (Å²) in [5.41, 5.74) is 2.66. The molecule has 0 aliphatic rings. The smallest absolute Gasteiger partial charge is 0.182 e. The van der Waals surface area contributed by atoms with Gasteiger partial charge in [-0.3, -0.25) is 9.48 Å². The molecular weight excluding hydrogens is 284 g/mol. The largest absolute Gasteiger partial charge is 0.293 e. The maximum Gasteiger partial charge on any atom is 0.182 e. The number of hydrogen-bond donors (Lipinski definition) is 0. The Morgan fingerprint density at radius 2 is 2.10 bits per heavy atom. The Morgan fingerprint density at radius 3 is 2.90 bits per heavy atom. The molecule has 0 radical (unpaired) electrons. The molecular formula is C15H16N4OS. The molecule has 1 aromatic carbocycles. The molecule has 0 amide bonds. The molecule has 6 heteroatoms. The van der Waals surface area contributed by atoms with Gasteiger partial charge in [0.25, 0.3) is 0 Å². The van der Waals surface area contributed by atoms with Gasteiger partial charge in [0.2, 0.25) is 0 Å². The Balaban J connectivity index is 1.91. The number of nitrogens with zero attached hydrogens (tertiary/aromatic N) is 4. The summed E-state index contributed by atoms with van der Waals surface area (Å²) in [5.74, 6) is 0.0531. The van der Waals surface area contributed by atoms with Gasteiger partial charge in [-0.05, 0) is 24.0 Å². The minimum atomic E-state index is 0.0531. The first-order chi connectivity index (χ1) is 10.2. The van der Waals surface area contributed by atoms with Crippen molar-refractivity contribution in [3.8, 4) is 0 Å². The highest BCUT2D eigenvalue weighted by atomic mass is 32.1. The highest BCUT2D eigenvalue weighted by Crippen LogP contribution is 2.21. The molecule has 3 aromatic rings. The lowest BCUT2D eigenvalue weighted by atomic mass is 10.1. The second-order valence-corrected chi connectivity index (χ2v) is 5.74. The molecule has 0 unspecified atom stereocenters. The number of carbonyl (C=O) groups excluding carboxylic acids is 1. The third-order valence-corrected chi connectivity index (χ3v) is 4.27. The lowest BCUT2D eigenvalue weighted by Crippen LogP contribution is -2.06. The zero-order valence-electron chi connectivity index (χ0n) is 12.0. The van der Waals surface area contributed by atoms with Crippen LogP contribution in [0.25, 0.3) is 10.9 Å². The van der Waals surface area contributed by atoms with E-state index in [0.717, 1.165) is 35.1 Å². The molecule has 108 valence electrons. The van der Waals surface area contributed by atoms with Crippen molar-refractivity contribution in [2.75, 3.05) is 0 Å². The van der Waals surface area contributed by atoms with Gasteiger partial charge in [-0.1, -0.05) is 36.0 Å². The van der Waals surface area contributed by atoms with E-state index in [-0.39, 0.29) is 5.78 Å². The van der Waals surface area contributed by atoms with Crippen molar-refractivity contribution in [2.45, 2.75) is 26.2 Å². The van der Waals surface area contributed by atoms with E-state index in [2.05, 4.69) is 21.6 Å². The molecule has 21 heavy (non-hydrogen) atoms. The molecule has 2 aromatic heterocycles. The Morgan fingerprint density at radius 1 is 1.29 bits per heavy atom. The number of Topliss-reactive ketones (excluding diaryl/α,β-unsaturated/α-hetero) is 1. The van der Waals surface area contributed by atoms with Crippen LogP contribution >= 0.6 is 11.5 Å². The average molecular weight is 300 g/mol. The van der Waals surface area contributed by atoms with Crippen molar-refractivity contribution < 1.29 is 4.79 Å². The van der Waals surface area contributed by atoms with E-state index in [4.69, 9.17) is 0 Å². The van der Waals surface area contributed by atoms with Crippen LogP contribution in [0.15, 0.2) is 24.3 Å². The van der Waals surface area contributed by atoms with E-state index in [1.54, 1.807) is 0 Å². The number of aromatic nitrogens is 4. The number of aryl methyl sites for hydroxylation is 2. The first kappa shape index (κ1) is 13.9. The van der Waals surface area contributed by atoms with Gasteiger partial charge >= 0.3 is 0 Å². The predicted octanol–water partition coefficient (Wildman–Crippen LogP) is 2.80. The molecule has 0 bridgehead atoms. The van der Waals surface area contributed by atoms with E-state index in [1.807, 2.05) is 36.0 Å². The van der Waals surface area contributed by atoms with E-state index >= 15 is 0 Å². The van der Waals surface area contributed by atoms with Crippen LogP contribution in [0, 0.1) is 0 Å². The molecule has 0 fully saturated rings. The van der Waals surface area contributed by atoms with Crippen LogP contribution in [0.5, 0.6) is 0 Å². The summed E-state index contributed by atoms with van der Waals surface area (Å²) in [6.45, 7) is 2.07. The Labute approximate surface area is 126 Å². The minimum Gasteiger partial charge on any atom is -0.293 e. The number of para-hydroxylation sites is 1. The molecule has 0 atom stereocenters. The second-order valence-electron chi connectivity index (χ2n) is 4.99. The fourth-order valence-electron chi connectivity index (χ4n) is 2.47. The summed E-state index contributed by atoms with van der Waals surface area (Å²) in [6, 6.07) is 7.95. The van der Waals surface area contributed by atoms with Gasteiger partial charge < -0.3 is 0 Å². The predicted molar refractivity (Wildman–Crippen MR) is 82.7 cm³/mol. The Kier molecular flexibility index (Phi) is 3.79. The van der Waals surface area contributed by atoms with E-state index in [1.165, 1.54) is 11.5 Å². The van der Waals surface area contributed by atoms with Crippen LogP contribution in [0.2, 0.25) is 0 Å². The van der Waals surface area contributed by atoms with Crippen molar-refractivity contribution in [3.63, 3.8) is 0 Å². The van der Waals surface area contributed by atoms with Crippen LogP contribution in [0.1, 0.15) is 34.4 Å². The SMILES string of the molecule is CCCc1nnsc1C(=O)Cc1nn(C)c2ccccc12. The van der Waals surface area contributed by atoms with Gasteiger partial charge in [-0.15, -0.1) is 5.10 Å². The third-order valence-electron chi connectivity index (χ3n) is 3.46. The lowest BCUT2D eigenvalue weighted by Gasteiger charge is -1.98. The molecule has 5 nitrogen and oxygen atoms in total. The topological polar surface area (TPSA) is 60.7 Å². The van der Waals surface area contributed by atoms with E-state index < -0.39 is 0 Å². The minimum absolute atomic E-state index is 0.0531. The highest BCUT2D eigenvalue weighted by molar-refractivity contribution is 7.08. The Hall–Kier alpha value is -2.08. The number of carbonyl (C=O) groups is 1. The summed E-state index contributed by atoms with van der Waals surface area (Å²) in [6.07, 6.45) is 2.04. The molecule has 0 saturated carbocycles. The zero-order chi connectivity index (χ0) is 14.8. The number of ketones is 1. The summed E-state index contributed by atoms with van der Waals surface area (Å²) < 4.78 is 5.73. The summed E-state index contributed by atoms with van der Waals surface area (Å²) in [4.78, 5) is 13.2. The van der Waals surface area contributed by atoms with E-state index in [0.29, 0.717) is 11.3 Å². The normalized spacial score (nSPS) is 11.1. The third kappa shape index (κ3) is 2.58. The zero-order valence-corrected chi connectivity index (χ0v) is 12.9. The standard InChI is InChI=1S/C15H16N4OS/c1-3-6-11-15(21-18-16-11)14(20)9-12-10-7-4-5-8-13(10)19(2)17-12/h4-5,7-8H,3,6,9H2,1-2H3. The fraction of sp³-hybridized carbons (Fsp3) is 0.333. The summed E-state index contributed by atoms with van der Waals surface area (Å²) >= 11 is 1.18. The van der Waals surface area contributed by atoms with Gasteiger partial charge in [0.1, 0.15) is 4.88 Å². The average Bonchev–Trinajstić information content (AvgIpc) is 3.06. The number of benzene rings is 1. The van der Waals surface area contributed by atoms with Crippen LogP contribution in [-0.4, -0.2) is 25.2 Å². The first-order valence-corrected chi connectivity index (χ1v) is 7.73. The second kappa shape index (κ2) is 5.73. The van der Waals surface area contributed by atoms with Crippen LogP contribution in [-0.2, 0) is 19.9 Å². The fourth-order valence-corrected chi connectivity index (χ4v) is 3.12. The van der Waals surface area contributed by atoms with Gasteiger partial charge in [-0.2, -0.15) is 5.10 Å². The molecule has 0 aliphatic carbocycles. The van der Waals surface area contributed by atoms with Crippen molar-refractivity contribution in [2.24, 2.45) is 7.05 Å². The first-order valence-electron chi connectivity index (χ1n) is 6.95. The van der Waals surface area contributed by atoms with Crippen LogP contribution in [0.3, 0.4) is 0 Å². The number of rotatable bonds is 5. The maximum absolute atomic E-state index is 12.5. The molecule has 2 heterocycles. The van der Waals surface area contributed by atoms with Gasteiger partial charge in [0.05, 0.1) is 23.3 Å². The molecule has 0 saturated heterocycles. The molecule has 3 rings (SSSR count). The Bertz CT molecular complexity index is 790. The van der Waals surface area contributed by atoms with Crippen molar-refractivity contribution in [1.29, 1.82) is 0 Å². The maximum atomic E-state index is 12.5. The van der Waals surface area contributed by atoms with Crippen LogP contribution < -0.4 is 0 Å². The molecule has 0 aliphatic heterocycles. The quantitative estimate of drug-likeness (QED) is 0.680. The van der Waals surface area contributed by atoms with Crippen LogP contribution in [0.4, 0.5) is 0 Å². The number of hydrogen-bond acceptors (Lipinski definition) is 5. The van der Waals surface area contributed by atoms with Crippen molar-refractivity contribution in [1.82, 2.24) is 19.4 Å². The van der Waals surface area contributed by atoms with Gasteiger partial charge in [0, 0.05) is 12.4 Å². The summed E-state index contributed by atoms with van der Waals surface area (Å²) in [5, 5.41) is 9.56. The van der Waals surface area contributed by atoms with Crippen molar-refractivity contribution in [3.05, 3.63) is 40.5 Å². The summed E-state index contributed by atoms with van der Waals surface area (Å²) in [7, 11) is 1.90. The van der Waals surface area contributed by atoms with E-state index in [9.17, 15) is 4.79 Å². The highest BCUT2D eigenvalue weighted by Gasteiger charge is 2.19. The van der Waals surface area contributed by atoms with Crippen molar-refractivity contribution >= 4 is 28.2 Å². The number of fused-ring (bicyclic) bond motifs is 1. The van der Waals surface area contributed by atoms with Gasteiger partial charge in [0.15, 0.2) is 5.78 Å². The molecule has 0 spiro atoms.